The van der Waals surface area contributed by atoms with E-state index >= 15 is 0 Å². The maximum absolute atomic E-state index is 12.4. The molecule has 1 atom stereocenters. The summed E-state index contributed by atoms with van der Waals surface area (Å²) >= 11 is 0. The highest BCUT2D eigenvalue weighted by Gasteiger charge is 2.34. The van der Waals surface area contributed by atoms with E-state index in [0.29, 0.717) is 17.7 Å². The molecule has 0 unspecified atom stereocenters. The highest BCUT2D eigenvalue weighted by atomic mass is 19.4. The molecule has 3 nitrogen and oxygen atoms in total. The number of carbonyl (C=O) groups is 1. The van der Waals surface area contributed by atoms with E-state index in [1.165, 1.54) is 6.07 Å². The molecule has 0 radical (unpaired) electrons. The topological polar surface area (TPSA) is 50.2 Å². The Balaban J connectivity index is 2.29. The lowest BCUT2D eigenvalue weighted by molar-refractivity contribution is -0.143. The highest BCUT2D eigenvalue weighted by Crippen LogP contribution is 2.31. The molecule has 1 N–H and O–H groups in total. The summed E-state index contributed by atoms with van der Waals surface area (Å²) < 4.78 is 37.2. The number of pyridine rings is 1. The van der Waals surface area contributed by atoms with Crippen molar-refractivity contribution >= 4 is 5.97 Å². The second-order valence-electron chi connectivity index (χ2n) is 4.08. The van der Waals surface area contributed by atoms with E-state index in [0.717, 1.165) is 6.07 Å². The van der Waals surface area contributed by atoms with Crippen LogP contribution in [0.15, 0.2) is 12.1 Å². The lowest BCUT2D eigenvalue weighted by Crippen LogP contribution is -2.23. The summed E-state index contributed by atoms with van der Waals surface area (Å²) in [6.45, 7) is 0. The molecule has 0 aliphatic heterocycles. The van der Waals surface area contributed by atoms with E-state index < -0.39 is 23.8 Å². The fourth-order valence-electron chi connectivity index (χ4n) is 1.98. The van der Waals surface area contributed by atoms with Crippen molar-refractivity contribution in [1.29, 1.82) is 0 Å². The number of halogens is 3. The standard InChI is InChI=1S/C11H10F3NO2/c12-11(13,14)9-4-2-6-5-7(10(16)17)1-3-8(6)15-9/h2,4,7H,1,3,5H2,(H,16,17)/t7-/m0/s1. The van der Waals surface area contributed by atoms with Gasteiger partial charge in [0, 0.05) is 5.69 Å². The molecular formula is C11H10F3NO2. The van der Waals surface area contributed by atoms with E-state index in [1.807, 2.05) is 0 Å². The molecular weight excluding hydrogens is 235 g/mol. The smallest absolute Gasteiger partial charge is 0.433 e. The number of aromatic nitrogens is 1. The van der Waals surface area contributed by atoms with E-state index in [1.54, 1.807) is 0 Å². The van der Waals surface area contributed by atoms with Crippen LogP contribution >= 0.6 is 0 Å². The van der Waals surface area contributed by atoms with Gasteiger partial charge in [0.1, 0.15) is 5.69 Å². The van der Waals surface area contributed by atoms with Crippen LogP contribution < -0.4 is 0 Å². The van der Waals surface area contributed by atoms with Crippen LogP contribution in [0.2, 0.25) is 0 Å². The van der Waals surface area contributed by atoms with Crippen molar-refractivity contribution in [2.24, 2.45) is 5.92 Å². The number of hydrogen-bond acceptors (Lipinski definition) is 2. The molecule has 0 saturated heterocycles. The monoisotopic (exact) mass is 245 g/mol. The predicted molar refractivity (Wildman–Crippen MR) is 52.4 cm³/mol. The minimum Gasteiger partial charge on any atom is -0.481 e. The van der Waals surface area contributed by atoms with Gasteiger partial charge in [-0.2, -0.15) is 13.2 Å². The van der Waals surface area contributed by atoms with Crippen LogP contribution in [-0.4, -0.2) is 16.1 Å². The Morgan fingerprint density at radius 3 is 2.71 bits per heavy atom. The summed E-state index contributed by atoms with van der Waals surface area (Å²) in [6.07, 6.45) is -3.55. The third-order valence-corrected chi connectivity index (χ3v) is 2.90. The van der Waals surface area contributed by atoms with Gasteiger partial charge in [0.2, 0.25) is 0 Å². The number of hydrogen-bond donors (Lipinski definition) is 1. The van der Waals surface area contributed by atoms with Crippen molar-refractivity contribution in [2.75, 3.05) is 0 Å². The Morgan fingerprint density at radius 2 is 2.12 bits per heavy atom. The van der Waals surface area contributed by atoms with E-state index in [9.17, 15) is 18.0 Å². The quantitative estimate of drug-likeness (QED) is 0.825. The molecule has 0 aromatic carbocycles. The minimum absolute atomic E-state index is 0.260. The third-order valence-electron chi connectivity index (χ3n) is 2.90. The van der Waals surface area contributed by atoms with Gasteiger partial charge in [0.05, 0.1) is 5.92 Å². The van der Waals surface area contributed by atoms with Crippen LogP contribution in [0.3, 0.4) is 0 Å². The Kier molecular flexibility index (Phi) is 2.81. The maximum atomic E-state index is 12.4. The van der Waals surface area contributed by atoms with Crippen LogP contribution in [-0.2, 0) is 23.8 Å². The van der Waals surface area contributed by atoms with Crippen molar-refractivity contribution in [3.8, 4) is 0 Å². The number of aryl methyl sites for hydroxylation is 1. The molecule has 1 aliphatic rings. The Hall–Kier alpha value is -1.59. The lowest BCUT2D eigenvalue weighted by atomic mass is 9.86. The van der Waals surface area contributed by atoms with Gasteiger partial charge < -0.3 is 5.11 Å². The van der Waals surface area contributed by atoms with E-state index in [-0.39, 0.29) is 12.8 Å². The normalized spacial score (nSPS) is 19.8. The summed E-state index contributed by atoms with van der Waals surface area (Å²) in [5, 5.41) is 8.85. The summed E-state index contributed by atoms with van der Waals surface area (Å²) in [5.74, 6) is -1.42. The molecule has 0 spiro atoms. The zero-order valence-corrected chi connectivity index (χ0v) is 8.79. The van der Waals surface area contributed by atoms with Crippen molar-refractivity contribution in [2.45, 2.75) is 25.4 Å². The van der Waals surface area contributed by atoms with Crippen LogP contribution in [0.5, 0.6) is 0 Å². The number of rotatable bonds is 1. The first kappa shape index (κ1) is 11.9. The van der Waals surface area contributed by atoms with Gasteiger partial charge in [-0.05, 0) is 30.9 Å². The fraction of sp³-hybridized carbons (Fsp3) is 0.455. The van der Waals surface area contributed by atoms with Gasteiger partial charge >= 0.3 is 12.1 Å². The predicted octanol–water partition coefficient (Wildman–Crippen LogP) is 2.29. The SMILES string of the molecule is O=C(O)[C@H]1CCc2nc(C(F)(F)F)ccc2C1. The van der Waals surface area contributed by atoms with Crippen molar-refractivity contribution < 1.29 is 23.1 Å². The van der Waals surface area contributed by atoms with Crippen LogP contribution in [0.4, 0.5) is 13.2 Å². The molecule has 1 aromatic rings. The molecule has 1 aliphatic carbocycles. The zero-order chi connectivity index (χ0) is 12.6. The second kappa shape index (κ2) is 4.01. The number of alkyl halides is 3. The molecule has 1 aromatic heterocycles. The highest BCUT2D eigenvalue weighted by molar-refractivity contribution is 5.70. The summed E-state index contributed by atoms with van der Waals surface area (Å²) in [5.41, 5.74) is 0.0685. The number of carboxylic acids is 1. The third kappa shape index (κ3) is 2.40. The van der Waals surface area contributed by atoms with Gasteiger partial charge in [-0.3, -0.25) is 4.79 Å². The van der Waals surface area contributed by atoms with Crippen molar-refractivity contribution in [1.82, 2.24) is 4.98 Å². The first-order chi connectivity index (χ1) is 7.88. The maximum Gasteiger partial charge on any atom is 0.433 e. The Bertz CT molecular complexity index is 457. The molecule has 1 heterocycles. The summed E-state index contributed by atoms with van der Waals surface area (Å²) in [4.78, 5) is 14.4. The Morgan fingerprint density at radius 1 is 1.41 bits per heavy atom. The molecule has 0 fully saturated rings. The molecule has 17 heavy (non-hydrogen) atoms. The first-order valence-corrected chi connectivity index (χ1v) is 5.16. The van der Waals surface area contributed by atoms with Crippen LogP contribution in [0, 0.1) is 5.92 Å². The minimum atomic E-state index is -4.45. The number of fused-ring (bicyclic) bond motifs is 1. The van der Waals surface area contributed by atoms with Crippen LogP contribution in [0.1, 0.15) is 23.4 Å². The van der Waals surface area contributed by atoms with E-state index in [2.05, 4.69) is 4.98 Å². The van der Waals surface area contributed by atoms with Crippen LogP contribution in [0.25, 0.3) is 0 Å². The lowest BCUT2D eigenvalue weighted by Gasteiger charge is -2.21. The zero-order valence-electron chi connectivity index (χ0n) is 8.79. The molecule has 6 heteroatoms. The van der Waals surface area contributed by atoms with Crippen molar-refractivity contribution in [3.05, 3.63) is 29.1 Å². The number of nitrogens with zero attached hydrogens (tertiary/aromatic N) is 1. The first-order valence-electron chi connectivity index (χ1n) is 5.16. The molecule has 2 rings (SSSR count). The van der Waals surface area contributed by atoms with Gasteiger partial charge in [-0.25, -0.2) is 4.98 Å². The largest absolute Gasteiger partial charge is 0.481 e. The number of carboxylic acid groups (broad SMARTS) is 1. The summed E-state index contributed by atoms with van der Waals surface area (Å²) in [7, 11) is 0. The average Bonchev–Trinajstić information content (AvgIpc) is 2.26. The number of aliphatic carboxylic acids is 1. The molecule has 0 saturated carbocycles. The van der Waals surface area contributed by atoms with Crippen molar-refractivity contribution in [3.63, 3.8) is 0 Å². The van der Waals surface area contributed by atoms with Gasteiger partial charge in [-0.1, -0.05) is 6.07 Å². The van der Waals surface area contributed by atoms with Gasteiger partial charge in [-0.15, -0.1) is 0 Å². The van der Waals surface area contributed by atoms with E-state index in [4.69, 9.17) is 5.11 Å². The summed E-state index contributed by atoms with van der Waals surface area (Å²) in [6, 6.07) is 2.24. The molecule has 0 bridgehead atoms. The van der Waals surface area contributed by atoms with Gasteiger partial charge in [0.25, 0.3) is 0 Å². The van der Waals surface area contributed by atoms with Gasteiger partial charge in [0.15, 0.2) is 0 Å². The molecule has 0 amide bonds. The average molecular weight is 245 g/mol. The molecule has 92 valence electrons. The second-order valence-corrected chi connectivity index (χ2v) is 4.08. The Labute approximate surface area is 95.3 Å². The fourth-order valence-corrected chi connectivity index (χ4v) is 1.98.